The maximum Gasteiger partial charge on any atom is 0.252 e. The van der Waals surface area contributed by atoms with Crippen LogP contribution < -0.4 is 48.9 Å². The first kappa shape index (κ1) is 91.6. The second-order valence-electron chi connectivity index (χ2n) is 25.3. The summed E-state index contributed by atoms with van der Waals surface area (Å²) in [5, 5.41) is 11.2. The van der Waals surface area contributed by atoms with Gasteiger partial charge in [-0.1, -0.05) is 0 Å². The van der Waals surface area contributed by atoms with Crippen molar-refractivity contribution in [2.24, 2.45) is 22.9 Å². The first-order valence-corrected chi connectivity index (χ1v) is 36.4. The average molecular weight is 1460 g/mol. The molecule has 4 amide bonds. The van der Waals surface area contributed by atoms with Crippen molar-refractivity contribution in [2.75, 3.05) is 78.5 Å². The van der Waals surface area contributed by atoms with Gasteiger partial charge in [0.05, 0.1) is 53.8 Å². The van der Waals surface area contributed by atoms with Crippen LogP contribution >= 0.6 is 35.3 Å². The topological polar surface area (TPSA) is 412 Å². The predicted molar refractivity (Wildman–Crippen MR) is 393 cm³/mol. The normalized spacial score (nSPS) is 12.6. The lowest BCUT2D eigenvalue weighted by molar-refractivity contribution is -0.142. The summed E-state index contributed by atoms with van der Waals surface area (Å²) < 4.78 is 26.1. The molecule has 0 radical (unpaired) electrons. The molecule has 100 heavy (non-hydrogen) atoms. The summed E-state index contributed by atoms with van der Waals surface area (Å²) >= 11 is 4.25. The number of rotatable bonds is 44. The van der Waals surface area contributed by atoms with Crippen LogP contribution in [0.4, 0.5) is 0 Å². The molecule has 0 aliphatic carbocycles. The van der Waals surface area contributed by atoms with Crippen molar-refractivity contribution in [3.05, 3.63) is 84.5 Å². The highest BCUT2D eigenvalue weighted by Gasteiger charge is 2.35. The zero-order chi connectivity index (χ0) is 75.5. The highest BCUT2D eigenvalue weighted by atomic mass is 32.2. The van der Waals surface area contributed by atoms with E-state index in [9.17, 15) is 38.4 Å². The molecule has 27 nitrogen and oxygen atoms in total. The third-order valence-electron chi connectivity index (χ3n) is 15.5. The fraction of sp³-hybridized carbons (Fsp3) is 0.629. The summed E-state index contributed by atoms with van der Waals surface area (Å²) in [4.78, 5) is 127. The molecule has 0 aromatic carbocycles. The summed E-state index contributed by atoms with van der Waals surface area (Å²) in [5.41, 5.74) is 20.0. The largest absolute Gasteiger partial charge is 0.483 e. The minimum absolute atomic E-state index is 0.000562. The van der Waals surface area contributed by atoms with E-state index in [0.717, 1.165) is 77.4 Å². The molecule has 0 saturated heterocycles. The smallest absolute Gasteiger partial charge is 0.252 e. The van der Waals surface area contributed by atoms with E-state index in [1.807, 2.05) is 38.1 Å². The number of nitrogens with one attached hydrogen (secondary N) is 4. The van der Waals surface area contributed by atoms with Gasteiger partial charge in [-0.25, -0.2) is 19.9 Å². The number of unbranched alkanes of at least 4 members (excludes halogenated alkanes) is 4. The number of pyridine rings is 2. The zero-order valence-electron chi connectivity index (χ0n) is 61.7. The van der Waals surface area contributed by atoms with Crippen LogP contribution in [0.2, 0.25) is 0 Å². The number of nitrogens with zero attached hydrogens (tertiary/aromatic N) is 6. The third kappa shape index (κ3) is 37.5. The lowest BCUT2D eigenvalue weighted by atomic mass is 10.0. The van der Waals surface area contributed by atoms with E-state index in [1.54, 1.807) is 94.0 Å². The maximum absolute atomic E-state index is 12.7. The summed E-state index contributed by atoms with van der Waals surface area (Å²) in [7, 11) is 5.88. The number of ketones is 4. The van der Waals surface area contributed by atoms with Crippen molar-refractivity contribution in [3.8, 4) is 5.75 Å². The number of hydrogen-bond acceptors (Lipinski definition) is 26. The van der Waals surface area contributed by atoms with E-state index in [0.29, 0.717) is 75.0 Å². The SMILES string of the molecule is COC(C)(C)C(=O)N[C@@H](CCCCN)C(=O)COc1cnc(C)nc1.COC(C)(C)C(=O)N[C@@H](CCCCN)C(=O)CSc1cc(C)nc(C)c1.COC(C)(C)C(=O)N[C@@H](CCCCN)C(=O)CSc1cccnc1.COC(C)(C)C(=O)N[C@@H](CCCCN)C(=O)CSc1cnc(C)nc1. The predicted octanol–water partition coefficient (Wildman–Crippen LogP) is 6.44. The van der Waals surface area contributed by atoms with Crippen LogP contribution in [0.5, 0.6) is 5.75 Å². The lowest BCUT2D eigenvalue weighted by Crippen LogP contribution is -2.51. The van der Waals surface area contributed by atoms with Gasteiger partial charge in [0.25, 0.3) is 23.6 Å². The van der Waals surface area contributed by atoms with E-state index in [1.165, 1.54) is 76.1 Å². The Bertz CT molecular complexity index is 2960. The minimum Gasteiger partial charge on any atom is -0.483 e. The van der Waals surface area contributed by atoms with Gasteiger partial charge in [-0.3, -0.25) is 48.3 Å². The van der Waals surface area contributed by atoms with Gasteiger partial charge in [0.15, 0.2) is 28.9 Å². The Hall–Kier alpha value is -6.45. The standard InChI is InChI=1S/C19H31N3O3S.C17H28N4O4.C17H28N4O3S.C17H27N3O3S/c1-13-10-15(11-14(2)21-13)26-12-17(23)16(8-6-7-9-20)22-18(24)19(3,4)25-5;2*1-12-19-9-13(10-20-12)25-11-15(22)14(7-5-6-8-18)21-16(23)17(2,3)24-4;1-17(2,23-3)16(22)20-14(8-4-5-9-18)15(21)12-24-13-7-6-10-19-11-13/h10-11,16H,6-9,12,20H2,1-5H3,(H,22,24);2*9-10,14H,5-8,11,18H2,1-4H3,(H,21,23);6-7,10-11,14H,4-5,8-9,12,18H2,1-3H3,(H,20,22)/t16-;3*14-/m0000/s1. The van der Waals surface area contributed by atoms with E-state index in [-0.39, 0.29) is 64.9 Å². The van der Waals surface area contributed by atoms with Crippen LogP contribution in [0.25, 0.3) is 0 Å². The number of carbonyl (C=O) groups excluding carboxylic acids is 8. The van der Waals surface area contributed by atoms with Crippen LogP contribution in [-0.2, 0) is 57.3 Å². The molecule has 4 heterocycles. The molecule has 4 aromatic rings. The van der Waals surface area contributed by atoms with Crippen molar-refractivity contribution in [1.82, 2.24) is 51.2 Å². The Morgan fingerprint density at radius 1 is 0.430 bits per heavy atom. The molecule has 4 aromatic heterocycles. The van der Waals surface area contributed by atoms with Gasteiger partial charge < -0.3 is 67.9 Å². The fourth-order valence-corrected chi connectivity index (χ4v) is 10.8. The Morgan fingerprint density at radius 2 is 0.740 bits per heavy atom. The van der Waals surface area contributed by atoms with E-state index in [2.05, 4.69) is 51.2 Å². The molecule has 30 heteroatoms. The van der Waals surface area contributed by atoms with Crippen molar-refractivity contribution < 1.29 is 62.0 Å². The number of ether oxygens (including phenoxy) is 5. The number of carbonyl (C=O) groups is 8. The number of aryl methyl sites for hydroxylation is 4. The Morgan fingerprint density at radius 3 is 1.05 bits per heavy atom. The second kappa shape index (κ2) is 49.2. The molecule has 0 fully saturated rings. The molecule has 0 aliphatic heterocycles. The minimum atomic E-state index is -1.02. The van der Waals surface area contributed by atoms with Crippen LogP contribution in [0.15, 0.2) is 76.1 Å². The zero-order valence-corrected chi connectivity index (χ0v) is 64.2. The van der Waals surface area contributed by atoms with Crippen molar-refractivity contribution in [3.63, 3.8) is 0 Å². The van der Waals surface area contributed by atoms with Gasteiger partial charge >= 0.3 is 0 Å². The number of hydrogen-bond donors (Lipinski definition) is 8. The second-order valence-corrected chi connectivity index (χ2v) is 28.5. The summed E-state index contributed by atoms with van der Waals surface area (Å²) in [6.45, 7) is 22.8. The summed E-state index contributed by atoms with van der Waals surface area (Å²) in [6.07, 6.45) is 18.3. The maximum atomic E-state index is 12.7. The molecule has 0 unspecified atom stereocenters. The molecule has 4 rings (SSSR count). The van der Waals surface area contributed by atoms with Gasteiger partial charge in [-0.15, -0.1) is 35.3 Å². The number of thioether (sulfide) groups is 3. The Labute approximate surface area is 605 Å². The summed E-state index contributed by atoms with van der Waals surface area (Å²) in [5.74, 6) is 1.03. The van der Waals surface area contributed by atoms with Crippen LogP contribution in [0, 0.1) is 27.7 Å². The molecule has 0 spiro atoms. The number of amides is 4. The molecule has 0 saturated carbocycles. The van der Waals surface area contributed by atoms with Crippen molar-refractivity contribution >= 4 is 82.0 Å². The molecule has 12 N–H and O–H groups in total. The average Bonchev–Trinajstić information content (AvgIpc) is 0.907. The quantitative estimate of drug-likeness (QED) is 0.0174. The molecule has 0 bridgehead atoms. The summed E-state index contributed by atoms with van der Waals surface area (Å²) in [6, 6.07) is 5.40. The molecule has 560 valence electrons. The lowest BCUT2D eigenvalue weighted by Gasteiger charge is -2.25. The van der Waals surface area contributed by atoms with Crippen LogP contribution in [-0.4, -0.2) is 202 Å². The van der Waals surface area contributed by atoms with Crippen LogP contribution in [0.3, 0.4) is 0 Å². The van der Waals surface area contributed by atoms with Gasteiger partial charge in [-0.05, 0) is 211 Å². The highest BCUT2D eigenvalue weighted by Crippen LogP contribution is 2.23. The molecule has 4 atom stereocenters. The Kier molecular flexibility index (Phi) is 45.1. The Balaban J connectivity index is 0.000000667. The molecular formula is C70H114N14O13S3. The third-order valence-corrected chi connectivity index (χ3v) is 18.5. The van der Waals surface area contributed by atoms with Crippen molar-refractivity contribution in [1.29, 1.82) is 0 Å². The first-order valence-electron chi connectivity index (χ1n) is 33.5. The van der Waals surface area contributed by atoms with Gasteiger partial charge in [0.1, 0.15) is 40.7 Å². The first-order chi connectivity index (χ1) is 47.2. The number of aromatic nitrogens is 6. The van der Waals surface area contributed by atoms with E-state index < -0.39 is 46.6 Å². The number of nitrogens with two attached hydrogens (primary N) is 4. The van der Waals surface area contributed by atoms with E-state index >= 15 is 0 Å². The number of methoxy groups -OCH3 is 4. The highest BCUT2D eigenvalue weighted by molar-refractivity contribution is 8.00. The van der Waals surface area contributed by atoms with Crippen molar-refractivity contribution in [2.45, 2.75) is 221 Å². The van der Waals surface area contributed by atoms with Crippen LogP contribution in [0.1, 0.15) is 155 Å². The van der Waals surface area contributed by atoms with E-state index in [4.69, 9.17) is 46.6 Å². The van der Waals surface area contributed by atoms with Gasteiger partial charge in [0.2, 0.25) is 0 Å². The van der Waals surface area contributed by atoms with Gasteiger partial charge in [-0.2, -0.15) is 0 Å². The molecule has 0 aliphatic rings. The number of Topliss-reactive ketones (excluding diaryl/α,β-unsaturated/α-hetero) is 4. The molecular weight excluding hydrogens is 1340 g/mol. The fourth-order valence-electron chi connectivity index (χ4n) is 8.17. The monoisotopic (exact) mass is 1450 g/mol. The van der Waals surface area contributed by atoms with Gasteiger partial charge in [0, 0.05) is 79.3 Å².